The van der Waals surface area contributed by atoms with Crippen molar-refractivity contribution in [1.29, 1.82) is 0 Å². The van der Waals surface area contributed by atoms with Crippen molar-refractivity contribution in [3.63, 3.8) is 0 Å². The van der Waals surface area contributed by atoms with Crippen LogP contribution in [0, 0.1) is 19.3 Å². The van der Waals surface area contributed by atoms with Gasteiger partial charge in [-0.15, -0.1) is 11.6 Å². The molecule has 0 saturated heterocycles. The SMILES string of the molecule is Cc1cc(C)cc(CNCC(C)(C)CCl)c1. The predicted octanol–water partition coefficient (Wildman–Crippen LogP) is 3.66. The van der Waals surface area contributed by atoms with Crippen LogP contribution < -0.4 is 5.32 Å². The Hall–Kier alpha value is -0.530. The number of aryl methyl sites for hydroxylation is 2. The number of nitrogens with one attached hydrogen (secondary N) is 1. The summed E-state index contributed by atoms with van der Waals surface area (Å²) in [6.07, 6.45) is 0. The maximum atomic E-state index is 5.89. The third kappa shape index (κ3) is 4.54. The minimum absolute atomic E-state index is 0.167. The van der Waals surface area contributed by atoms with E-state index in [2.05, 4.69) is 51.2 Å². The van der Waals surface area contributed by atoms with E-state index in [-0.39, 0.29) is 5.41 Å². The molecule has 0 radical (unpaired) electrons. The van der Waals surface area contributed by atoms with Gasteiger partial charge in [0, 0.05) is 19.0 Å². The van der Waals surface area contributed by atoms with Crippen LogP contribution in [0.1, 0.15) is 30.5 Å². The first-order valence-corrected chi connectivity index (χ1v) is 6.30. The third-order valence-corrected chi connectivity index (χ3v) is 3.30. The maximum absolute atomic E-state index is 5.89. The van der Waals surface area contributed by atoms with Crippen LogP contribution >= 0.6 is 11.6 Å². The first-order valence-electron chi connectivity index (χ1n) is 5.77. The molecule has 0 saturated carbocycles. The van der Waals surface area contributed by atoms with E-state index < -0.39 is 0 Å². The molecule has 0 atom stereocenters. The molecule has 0 spiro atoms. The molecule has 0 aliphatic rings. The van der Waals surface area contributed by atoms with Crippen LogP contribution in [0.5, 0.6) is 0 Å². The lowest BCUT2D eigenvalue weighted by atomic mass is 9.96. The van der Waals surface area contributed by atoms with Crippen molar-refractivity contribution in [1.82, 2.24) is 5.32 Å². The van der Waals surface area contributed by atoms with Crippen molar-refractivity contribution in [3.05, 3.63) is 34.9 Å². The van der Waals surface area contributed by atoms with Crippen molar-refractivity contribution < 1.29 is 0 Å². The molecule has 90 valence electrons. The van der Waals surface area contributed by atoms with Gasteiger partial charge in [0.05, 0.1) is 0 Å². The maximum Gasteiger partial charge on any atom is 0.0286 e. The molecular formula is C14H22ClN. The minimum Gasteiger partial charge on any atom is -0.312 e. The summed E-state index contributed by atoms with van der Waals surface area (Å²) in [6.45, 7) is 10.5. The van der Waals surface area contributed by atoms with Gasteiger partial charge < -0.3 is 5.32 Å². The van der Waals surface area contributed by atoms with Gasteiger partial charge in [-0.3, -0.25) is 0 Å². The fraction of sp³-hybridized carbons (Fsp3) is 0.571. The first-order chi connectivity index (χ1) is 7.43. The van der Waals surface area contributed by atoms with Gasteiger partial charge in [-0.05, 0) is 24.8 Å². The van der Waals surface area contributed by atoms with Gasteiger partial charge in [0.1, 0.15) is 0 Å². The summed E-state index contributed by atoms with van der Waals surface area (Å²) in [5.74, 6) is 0.687. The van der Waals surface area contributed by atoms with Crippen LogP contribution in [0.2, 0.25) is 0 Å². The second kappa shape index (κ2) is 5.70. The smallest absolute Gasteiger partial charge is 0.0286 e. The number of hydrogen-bond acceptors (Lipinski definition) is 1. The molecule has 1 N–H and O–H groups in total. The van der Waals surface area contributed by atoms with Crippen LogP contribution in [0.4, 0.5) is 0 Å². The van der Waals surface area contributed by atoms with Crippen LogP contribution in [0.15, 0.2) is 18.2 Å². The number of rotatable bonds is 5. The Labute approximate surface area is 104 Å². The van der Waals surface area contributed by atoms with Gasteiger partial charge in [0.15, 0.2) is 0 Å². The highest BCUT2D eigenvalue weighted by Crippen LogP contribution is 2.15. The van der Waals surface area contributed by atoms with Crippen molar-refractivity contribution in [2.75, 3.05) is 12.4 Å². The lowest BCUT2D eigenvalue weighted by Crippen LogP contribution is -2.30. The molecule has 1 aromatic rings. The highest BCUT2D eigenvalue weighted by molar-refractivity contribution is 6.18. The number of alkyl halides is 1. The molecule has 1 nitrogen and oxygen atoms in total. The molecule has 0 bridgehead atoms. The quantitative estimate of drug-likeness (QED) is 0.774. The van der Waals surface area contributed by atoms with Gasteiger partial charge >= 0.3 is 0 Å². The third-order valence-electron chi connectivity index (χ3n) is 2.58. The van der Waals surface area contributed by atoms with E-state index in [0.29, 0.717) is 5.88 Å². The van der Waals surface area contributed by atoms with Gasteiger partial charge in [0.2, 0.25) is 0 Å². The number of hydrogen-bond donors (Lipinski definition) is 1. The molecule has 16 heavy (non-hydrogen) atoms. The number of benzene rings is 1. The standard InChI is InChI=1S/C14H22ClN/c1-11-5-12(2)7-13(6-11)8-16-10-14(3,4)9-15/h5-7,16H,8-10H2,1-4H3. The van der Waals surface area contributed by atoms with E-state index in [1.54, 1.807) is 0 Å². The number of halogens is 1. The Bertz CT molecular complexity index is 324. The molecule has 2 heteroatoms. The molecule has 0 aliphatic heterocycles. The van der Waals surface area contributed by atoms with Crippen LogP contribution in [0.3, 0.4) is 0 Å². The van der Waals surface area contributed by atoms with Crippen LogP contribution in [-0.2, 0) is 6.54 Å². The molecule has 0 heterocycles. The molecular weight excluding hydrogens is 218 g/mol. The monoisotopic (exact) mass is 239 g/mol. The summed E-state index contributed by atoms with van der Waals surface area (Å²) in [5, 5.41) is 3.46. The summed E-state index contributed by atoms with van der Waals surface area (Å²) in [6, 6.07) is 6.66. The van der Waals surface area contributed by atoms with E-state index in [1.807, 2.05) is 0 Å². The first kappa shape index (κ1) is 13.5. The van der Waals surface area contributed by atoms with Crippen molar-refractivity contribution in [2.24, 2.45) is 5.41 Å². The average molecular weight is 240 g/mol. The Balaban J connectivity index is 2.49. The summed E-state index contributed by atoms with van der Waals surface area (Å²) in [4.78, 5) is 0. The Morgan fingerprint density at radius 2 is 1.69 bits per heavy atom. The Kier molecular flexibility index (Phi) is 4.82. The highest BCUT2D eigenvalue weighted by atomic mass is 35.5. The van der Waals surface area contributed by atoms with Gasteiger partial charge in [-0.2, -0.15) is 0 Å². The Morgan fingerprint density at radius 3 is 2.19 bits per heavy atom. The van der Waals surface area contributed by atoms with Gasteiger partial charge in [0.25, 0.3) is 0 Å². The summed E-state index contributed by atoms with van der Waals surface area (Å²) in [7, 11) is 0. The van der Waals surface area contributed by atoms with E-state index in [0.717, 1.165) is 13.1 Å². The molecule has 0 fully saturated rings. The highest BCUT2D eigenvalue weighted by Gasteiger charge is 2.15. The van der Waals surface area contributed by atoms with Gasteiger partial charge in [-0.25, -0.2) is 0 Å². The second-order valence-corrected chi connectivity index (χ2v) is 5.66. The fourth-order valence-electron chi connectivity index (χ4n) is 1.76. The molecule has 0 amide bonds. The summed E-state index contributed by atoms with van der Waals surface area (Å²) in [5.41, 5.74) is 4.17. The van der Waals surface area contributed by atoms with Crippen LogP contribution in [0.25, 0.3) is 0 Å². The van der Waals surface area contributed by atoms with E-state index in [9.17, 15) is 0 Å². The van der Waals surface area contributed by atoms with E-state index in [4.69, 9.17) is 11.6 Å². The van der Waals surface area contributed by atoms with Gasteiger partial charge in [-0.1, -0.05) is 43.2 Å². The van der Waals surface area contributed by atoms with Crippen molar-refractivity contribution in [3.8, 4) is 0 Å². The zero-order valence-electron chi connectivity index (χ0n) is 10.7. The zero-order valence-corrected chi connectivity index (χ0v) is 11.5. The predicted molar refractivity (Wildman–Crippen MR) is 72.1 cm³/mol. The lowest BCUT2D eigenvalue weighted by Gasteiger charge is -2.21. The normalized spacial score (nSPS) is 11.8. The lowest BCUT2D eigenvalue weighted by molar-refractivity contribution is 0.385. The van der Waals surface area contributed by atoms with Crippen molar-refractivity contribution in [2.45, 2.75) is 34.2 Å². The van der Waals surface area contributed by atoms with E-state index >= 15 is 0 Å². The second-order valence-electron chi connectivity index (χ2n) is 5.40. The summed E-state index contributed by atoms with van der Waals surface area (Å²) >= 11 is 5.89. The minimum atomic E-state index is 0.167. The molecule has 1 aromatic carbocycles. The summed E-state index contributed by atoms with van der Waals surface area (Å²) < 4.78 is 0. The fourth-order valence-corrected chi connectivity index (χ4v) is 1.86. The molecule has 1 rings (SSSR count). The van der Waals surface area contributed by atoms with Crippen LogP contribution in [-0.4, -0.2) is 12.4 Å². The Morgan fingerprint density at radius 1 is 1.12 bits per heavy atom. The molecule has 0 aromatic heterocycles. The zero-order chi connectivity index (χ0) is 12.2. The van der Waals surface area contributed by atoms with Crippen molar-refractivity contribution >= 4 is 11.6 Å². The topological polar surface area (TPSA) is 12.0 Å². The average Bonchev–Trinajstić information content (AvgIpc) is 2.16. The molecule has 0 unspecified atom stereocenters. The largest absolute Gasteiger partial charge is 0.312 e. The van der Waals surface area contributed by atoms with E-state index in [1.165, 1.54) is 16.7 Å². The molecule has 0 aliphatic carbocycles.